The number of likely N-dealkylation sites (tertiary alicyclic amines) is 1. The summed E-state index contributed by atoms with van der Waals surface area (Å²) in [6.07, 6.45) is 6.19. The molecule has 2 nitrogen and oxygen atoms in total. The van der Waals surface area contributed by atoms with E-state index in [1.165, 1.54) is 19.3 Å². The lowest BCUT2D eigenvalue weighted by Crippen LogP contribution is -2.55. The molecule has 0 N–H and O–H groups in total. The second-order valence-electron chi connectivity index (χ2n) is 6.13. The van der Waals surface area contributed by atoms with E-state index in [-0.39, 0.29) is 7.43 Å². The van der Waals surface area contributed by atoms with E-state index in [0.29, 0.717) is 5.92 Å². The Morgan fingerprint density at radius 3 is 2.06 bits per heavy atom. The highest BCUT2D eigenvalue weighted by Crippen LogP contribution is 2.41. The minimum absolute atomic E-state index is 0. The molecule has 0 amide bonds. The van der Waals surface area contributed by atoms with Crippen LogP contribution >= 0.6 is 0 Å². The van der Waals surface area contributed by atoms with Gasteiger partial charge in [-0.15, -0.1) is 0 Å². The van der Waals surface area contributed by atoms with Crippen molar-refractivity contribution in [3.8, 4) is 0 Å². The third-order valence-electron chi connectivity index (χ3n) is 5.15. The summed E-state index contributed by atoms with van der Waals surface area (Å²) in [4.78, 5) is 2.36. The maximum absolute atomic E-state index is 6.45. The first-order valence-corrected chi connectivity index (χ1v) is 7.08. The van der Waals surface area contributed by atoms with Gasteiger partial charge in [0.1, 0.15) is 0 Å². The number of fused-ring (bicyclic) bond motifs is 1. The second kappa shape index (κ2) is 5.58. The van der Waals surface area contributed by atoms with E-state index in [1.807, 2.05) is 0 Å². The van der Waals surface area contributed by atoms with Crippen LogP contribution in [0.15, 0.2) is 0 Å². The Bertz CT molecular complexity index is 267. The van der Waals surface area contributed by atoms with Crippen LogP contribution in [-0.2, 0) is 4.74 Å². The molecule has 2 unspecified atom stereocenters. The molecule has 0 aromatic rings. The van der Waals surface area contributed by atoms with Crippen molar-refractivity contribution >= 4 is 15.7 Å². The Balaban J connectivity index is 0.00000120. The highest BCUT2D eigenvalue weighted by atomic mass is 16.5. The molecule has 3 fully saturated rings. The SMILES string of the molecule is C.[B]C([B])(C1CCOCC1)N1CC2CCCC2C1. The minimum Gasteiger partial charge on any atom is -0.381 e. The summed E-state index contributed by atoms with van der Waals surface area (Å²) >= 11 is 0. The van der Waals surface area contributed by atoms with Gasteiger partial charge >= 0.3 is 0 Å². The van der Waals surface area contributed by atoms with Crippen LogP contribution in [0, 0.1) is 17.8 Å². The summed E-state index contributed by atoms with van der Waals surface area (Å²) in [5, 5.41) is -0.603. The molecule has 4 heteroatoms. The fourth-order valence-electron chi connectivity index (χ4n) is 3.97. The van der Waals surface area contributed by atoms with Crippen molar-refractivity contribution < 1.29 is 4.74 Å². The lowest BCUT2D eigenvalue weighted by Gasteiger charge is -2.45. The van der Waals surface area contributed by atoms with E-state index in [9.17, 15) is 0 Å². The summed E-state index contributed by atoms with van der Waals surface area (Å²) in [7, 11) is 12.9. The molecule has 0 spiro atoms. The van der Waals surface area contributed by atoms with E-state index in [1.54, 1.807) is 0 Å². The van der Waals surface area contributed by atoms with Crippen LogP contribution in [0.4, 0.5) is 0 Å². The molecule has 2 aliphatic heterocycles. The van der Waals surface area contributed by atoms with Crippen molar-refractivity contribution in [2.45, 2.75) is 44.9 Å². The van der Waals surface area contributed by atoms with Gasteiger partial charge in [-0.25, -0.2) is 0 Å². The van der Waals surface area contributed by atoms with Crippen LogP contribution in [-0.4, -0.2) is 52.2 Å². The molecular formula is C14H25B2NO. The maximum Gasteiger partial charge on any atom is 0.0828 e. The summed E-state index contributed by atoms with van der Waals surface area (Å²) in [6, 6.07) is 0. The Morgan fingerprint density at radius 2 is 1.50 bits per heavy atom. The van der Waals surface area contributed by atoms with E-state index in [0.717, 1.165) is 51.0 Å². The first-order chi connectivity index (χ1) is 8.18. The predicted molar refractivity (Wildman–Crippen MR) is 76.9 cm³/mol. The molecule has 2 heterocycles. The number of rotatable bonds is 2. The van der Waals surface area contributed by atoms with Gasteiger partial charge in [-0.05, 0) is 43.4 Å². The zero-order chi connectivity index (χ0) is 11.9. The van der Waals surface area contributed by atoms with E-state index >= 15 is 0 Å². The zero-order valence-electron chi connectivity index (χ0n) is 10.6. The molecule has 0 aromatic heterocycles. The normalized spacial score (nSPS) is 34.2. The largest absolute Gasteiger partial charge is 0.381 e. The third-order valence-corrected chi connectivity index (χ3v) is 5.15. The van der Waals surface area contributed by atoms with E-state index in [2.05, 4.69) is 4.90 Å². The van der Waals surface area contributed by atoms with Gasteiger partial charge in [0.25, 0.3) is 0 Å². The highest BCUT2D eigenvalue weighted by molar-refractivity contribution is 6.40. The first kappa shape index (κ1) is 14.5. The predicted octanol–water partition coefficient (Wildman–Crippen LogP) is 1.77. The fourth-order valence-corrected chi connectivity index (χ4v) is 3.97. The van der Waals surface area contributed by atoms with Crippen molar-refractivity contribution in [1.82, 2.24) is 4.90 Å². The summed E-state index contributed by atoms with van der Waals surface area (Å²) in [6.45, 7) is 3.88. The molecular weight excluding hydrogens is 220 g/mol. The number of ether oxygens (including phenoxy) is 1. The average Bonchev–Trinajstić information content (AvgIpc) is 2.90. The van der Waals surface area contributed by atoms with Gasteiger partial charge in [0.05, 0.1) is 15.7 Å². The van der Waals surface area contributed by atoms with Crippen molar-refractivity contribution in [2.24, 2.45) is 17.8 Å². The van der Waals surface area contributed by atoms with E-state index < -0.39 is 5.34 Å². The molecule has 3 rings (SSSR count). The van der Waals surface area contributed by atoms with Crippen molar-refractivity contribution in [3.63, 3.8) is 0 Å². The fraction of sp³-hybridized carbons (Fsp3) is 1.00. The summed E-state index contributed by atoms with van der Waals surface area (Å²) in [5.74, 6) is 2.12. The van der Waals surface area contributed by atoms with Gasteiger partial charge in [0.2, 0.25) is 0 Å². The van der Waals surface area contributed by atoms with E-state index in [4.69, 9.17) is 20.4 Å². The number of nitrogens with zero attached hydrogens (tertiary/aromatic N) is 1. The van der Waals surface area contributed by atoms with Crippen molar-refractivity contribution in [2.75, 3.05) is 26.3 Å². The van der Waals surface area contributed by atoms with Crippen molar-refractivity contribution in [1.29, 1.82) is 0 Å². The molecule has 0 aromatic carbocycles. The standard InChI is InChI=1S/C13H21B2NO.CH4/c14-13(15,12-4-6-17-7-5-12)16-8-10-2-1-3-11(10)9-16;/h10-12H,1-9H2;1H4. The van der Waals surface area contributed by atoms with Crippen LogP contribution in [0.5, 0.6) is 0 Å². The molecule has 1 aliphatic carbocycles. The quantitative estimate of drug-likeness (QED) is 0.687. The van der Waals surface area contributed by atoms with Gasteiger partial charge in [0.15, 0.2) is 0 Å². The summed E-state index contributed by atoms with van der Waals surface area (Å²) < 4.78 is 5.40. The Hall–Kier alpha value is 0.0499. The Morgan fingerprint density at radius 1 is 0.944 bits per heavy atom. The molecule has 0 bridgehead atoms. The summed E-state index contributed by atoms with van der Waals surface area (Å²) in [5.41, 5.74) is 0. The van der Waals surface area contributed by atoms with Gasteiger partial charge < -0.3 is 9.64 Å². The molecule has 3 aliphatic rings. The van der Waals surface area contributed by atoms with Gasteiger partial charge in [0, 0.05) is 26.3 Å². The zero-order valence-corrected chi connectivity index (χ0v) is 10.6. The van der Waals surface area contributed by atoms with Crippen LogP contribution in [0.3, 0.4) is 0 Å². The number of hydrogen-bond acceptors (Lipinski definition) is 2. The molecule has 1 saturated carbocycles. The van der Waals surface area contributed by atoms with Crippen molar-refractivity contribution in [3.05, 3.63) is 0 Å². The first-order valence-electron chi connectivity index (χ1n) is 7.08. The van der Waals surface area contributed by atoms with Crippen LogP contribution in [0.1, 0.15) is 39.5 Å². The molecule has 18 heavy (non-hydrogen) atoms. The molecule has 2 atom stereocenters. The lowest BCUT2D eigenvalue weighted by atomic mass is 9.52. The minimum atomic E-state index is -0.603. The topological polar surface area (TPSA) is 12.5 Å². The Kier molecular flexibility index (Phi) is 4.48. The van der Waals surface area contributed by atoms with Crippen LogP contribution in [0.2, 0.25) is 0 Å². The smallest absolute Gasteiger partial charge is 0.0828 e. The number of hydrogen-bond donors (Lipinski definition) is 0. The Labute approximate surface area is 115 Å². The van der Waals surface area contributed by atoms with Crippen LogP contribution in [0.25, 0.3) is 0 Å². The average molecular weight is 245 g/mol. The lowest BCUT2D eigenvalue weighted by molar-refractivity contribution is 0.0375. The van der Waals surface area contributed by atoms with Gasteiger partial charge in [-0.2, -0.15) is 0 Å². The molecule has 98 valence electrons. The highest BCUT2D eigenvalue weighted by Gasteiger charge is 2.43. The second-order valence-corrected chi connectivity index (χ2v) is 6.13. The third kappa shape index (κ3) is 2.51. The molecule has 4 radical (unpaired) electrons. The molecule has 2 saturated heterocycles. The monoisotopic (exact) mass is 245 g/mol. The van der Waals surface area contributed by atoms with Gasteiger partial charge in [-0.3, -0.25) is 0 Å². The van der Waals surface area contributed by atoms with Crippen LogP contribution < -0.4 is 0 Å². The van der Waals surface area contributed by atoms with Gasteiger partial charge in [-0.1, -0.05) is 19.2 Å². The maximum atomic E-state index is 6.45.